The van der Waals surface area contributed by atoms with E-state index >= 15 is 0 Å². The summed E-state index contributed by atoms with van der Waals surface area (Å²) in [6, 6.07) is 3.09. The molecule has 3 rings (SSSR count). The number of hydrogen-bond donors (Lipinski definition) is 1. The Morgan fingerprint density at radius 3 is 2.97 bits per heavy atom. The Bertz CT molecular complexity index is 948. The number of nitrogens with zero attached hydrogens (tertiary/aromatic N) is 3. The average molecular weight is 411 g/mol. The number of ketones is 1. The zero-order valence-corrected chi connectivity index (χ0v) is 16.9. The van der Waals surface area contributed by atoms with Crippen LogP contribution in [0.2, 0.25) is 0 Å². The van der Waals surface area contributed by atoms with Crippen LogP contribution in [0.3, 0.4) is 0 Å². The Balaban J connectivity index is 1.80. The van der Waals surface area contributed by atoms with Crippen LogP contribution in [0.15, 0.2) is 42.3 Å². The molecular weight excluding hydrogens is 386 g/mol. The second-order valence-electron chi connectivity index (χ2n) is 7.09. The van der Waals surface area contributed by atoms with Gasteiger partial charge in [0, 0.05) is 25.1 Å². The van der Waals surface area contributed by atoms with Gasteiger partial charge in [-0.05, 0) is 37.0 Å². The summed E-state index contributed by atoms with van der Waals surface area (Å²) < 4.78 is 12.7. The number of rotatable bonds is 4. The van der Waals surface area contributed by atoms with E-state index in [9.17, 15) is 14.7 Å². The van der Waals surface area contributed by atoms with Gasteiger partial charge in [0.1, 0.15) is 36.1 Å². The summed E-state index contributed by atoms with van der Waals surface area (Å²) in [5, 5.41) is 18.1. The van der Waals surface area contributed by atoms with Gasteiger partial charge in [0.2, 0.25) is 0 Å². The fourth-order valence-corrected chi connectivity index (χ4v) is 3.00. The number of phenols is 1. The van der Waals surface area contributed by atoms with E-state index in [1.54, 1.807) is 42.2 Å². The Labute approximate surface area is 174 Å². The van der Waals surface area contributed by atoms with Gasteiger partial charge in [-0.1, -0.05) is 23.4 Å². The van der Waals surface area contributed by atoms with Crippen LogP contribution < -0.4 is 4.74 Å². The molecule has 0 saturated carbocycles. The number of allylic oxidation sites excluding steroid dienone is 2. The van der Waals surface area contributed by atoms with Crippen molar-refractivity contribution in [3.8, 4) is 11.5 Å². The topological polar surface area (TPSA) is 104 Å². The molecule has 1 N–H and O–H groups in total. The molecular formula is C22H25N3O5. The van der Waals surface area contributed by atoms with E-state index in [-0.39, 0.29) is 23.7 Å². The fraction of sp³-hybridized carbons (Fsp3) is 0.364. The molecule has 0 atom stereocenters. The maximum Gasteiger partial charge on any atom is 0.342 e. The molecule has 158 valence electrons. The Hall–Kier alpha value is -3.42. The Morgan fingerprint density at radius 2 is 2.17 bits per heavy atom. The van der Waals surface area contributed by atoms with E-state index in [1.165, 1.54) is 6.07 Å². The first-order valence-corrected chi connectivity index (χ1v) is 9.88. The largest absolute Gasteiger partial charge is 0.507 e. The highest BCUT2D eigenvalue weighted by molar-refractivity contribution is 5.97. The number of benzene rings is 1. The van der Waals surface area contributed by atoms with E-state index in [1.807, 2.05) is 6.08 Å². The lowest BCUT2D eigenvalue weighted by Crippen LogP contribution is -2.11. The molecule has 0 unspecified atom stereocenters. The minimum atomic E-state index is -0.627. The summed E-state index contributed by atoms with van der Waals surface area (Å²) in [5.74, 6) is -0.248. The molecule has 0 fully saturated rings. The monoisotopic (exact) mass is 411 g/mol. The van der Waals surface area contributed by atoms with Crippen molar-refractivity contribution in [2.45, 2.75) is 39.2 Å². The number of aromatic hydroxyl groups is 1. The van der Waals surface area contributed by atoms with Crippen LogP contribution in [-0.4, -0.2) is 45.1 Å². The minimum absolute atomic E-state index is 0.0604. The second-order valence-corrected chi connectivity index (χ2v) is 7.09. The molecule has 2 aromatic rings. The maximum absolute atomic E-state index is 12.6. The summed E-state index contributed by atoms with van der Waals surface area (Å²) in [6.45, 7) is 2.68. The van der Waals surface area contributed by atoms with E-state index in [4.69, 9.17) is 9.47 Å². The highest BCUT2D eigenvalue weighted by Crippen LogP contribution is 2.30. The molecule has 0 bridgehead atoms. The SMILES string of the molecule is CC1=CCC(=O)CCCC=Cc2cc(OCCn3ccnn3)cc(O)c2C(=O)OC1. The van der Waals surface area contributed by atoms with Crippen molar-refractivity contribution in [1.29, 1.82) is 0 Å². The number of fused-ring (bicyclic) bond motifs is 1. The third-order valence-corrected chi connectivity index (χ3v) is 4.62. The highest BCUT2D eigenvalue weighted by Gasteiger charge is 2.19. The van der Waals surface area contributed by atoms with Gasteiger partial charge >= 0.3 is 5.97 Å². The quantitative estimate of drug-likeness (QED) is 0.608. The smallest absolute Gasteiger partial charge is 0.342 e. The lowest BCUT2D eigenvalue weighted by Gasteiger charge is -2.13. The van der Waals surface area contributed by atoms with Crippen LogP contribution in [0.25, 0.3) is 6.08 Å². The van der Waals surface area contributed by atoms with Crippen LogP contribution in [-0.2, 0) is 16.1 Å². The molecule has 1 aliphatic heterocycles. The van der Waals surface area contributed by atoms with Crippen LogP contribution in [0.4, 0.5) is 0 Å². The first kappa shape index (κ1) is 21.3. The summed E-state index contributed by atoms with van der Waals surface area (Å²) >= 11 is 0. The maximum atomic E-state index is 12.6. The van der Waals surface area contributed by atoms with E-state index in [2.05, 4.69) is 10.3 Å². The minimum Gasteiger partial charge on any atom is -0.507 e. The van der Waals surface area contributed by atoms with Crippen molar-refractivity contribution in [2.24, 2.45) is 0 Å². The number of hydrogen-bond acceptors (Lipinski definition) is 7. The molecule has 1 aromatic heterocycles. The molecule has 2 heterocycles. The molecule has 0 aliphatic carbocycles. The number of aromatic nitrogens is 3. The Kier molecular flexibility index (Phi) is 7.37. The number of phenolic OH excluding ortho intramolecular Hbond substituents is 1. The van der Waals surface area contributed by atoms with E-state index in [0.717, 1.165) is 12.0 Å². The number of carbonyl (C=O) groups is 2. The van der Waals surface area contributed by atoms with E-state index < -0.39 is 5.97 Å². The van der Waals surface area contributed by atoms with Crippen molar-refractivity contribution in [3.63, 3.8) is 0 Å². The van der Waals surface area contributed by atoms with Gasteiger partial charge in [0.25, 0.3) is 0 Å². The van der Waals surface area contributed by atoms with Crippen molar-refractivity contribution in [2.75, 3.05) is 13.2 Å². The predicted molar refractivity (Wildman–Crippen MR) is 110 cm³/mol. The summed E-state index contributed by atoms with van der Waals surface area (Å²) in [6.07, 6.45) is 11.0. The van der Waals surface area contributed by atoms with Crippen LogP contribution in [0.5, 0.6) is 11.5 Å². The van der Waals surface area contributed by atoms with Gasteiger partial charge in [-0.15, -0.1) is 5.10 Å². The van der Waals surface area contributed by atoms with Crippen LogP contribution >= 0.6 is 0 Å². The number of Topliss-reactive ketones (excluding diaryl/α,β-unsaturated/α-hetero) is 1. The number of esters is 1. The van der Waals surface area contributed by atoms with Crippen LogP contribution in [0.1, 0.15) is 48.5 Å². The molecule has 0 radical (unpaired) electrons. The summed E-state index contributed by atoms with van der Waals surface area (Å²) in [7, 11) is 0. The summed E-state index contributed by atoms with van der Waals surface area (Å²) in [4.78, 5) is 24.5. The number of cyclic esters (lactones) is 1. The van der Waals surface area contributed by atoms with Crippen molar-refractivity contribution in [3.05, 3.63) is 53.4 Å². The lowest BCUT2D eigenvalue weighted by atomic mass is 10.0. The molecule has 0 spiro atoms. The third kappa shape index (κ3) is 6.04. The first-order valence-electron chi connectivity index (χ1n) is 9.88. The molecule has 30 heavy (non-hydrogen) atoms. The Morgan fingerprint density at radius 1 is 1.30 bits per heavy atom. The summed E-state index contributed by atoms with van der Waals surface area (Å²) in [5.41, 5.74) is 1.38. The van der Waals surface area contributed by atoms with Gasteiger partial charge < -0.3 is 14.6 Å². The zero-order valence-electron chi connectivity index (χ0n) is 16.9. The molecule has 1 aliphatic rings. The second kappa shape index (κ2) is 10.4. The van der Waals surface area contributed by atoms with Gasteiger partial charge in [-0.3, -0.25) is 4.79 Å². The number of ether oxygens (including phenoxy) is 2. The normalized spacial score (nSPS) is 15.7. The average Bonchev–Trinajstić information content (AvgIpc) is 3.23. The zero-order chi connectivity index (χ0) is 21.3. The standard InChI is InChI=1S/C22H25N3O5/c1-16-7-8-18(26)6-4-2-3-5-17-13-19(29-12-11-25-10-9-23-24-25)14-20(27)21(17)22(28)30-15-16/h3,5,7,9-10,13-14,27H,2,4,6,8,11-12,15H2,1H3. The van der Waals surface area contributed by atoms with Gasteiger partial charge in [-0.25, -0.2) is 9.48 Å². The molecule has 0 saturated heterocycles. The molecule has 8 nitrogen and oxygen atoms in total. The van der Waals surface area contributed by atoms with Gasteiger partial charge in [-0.2, -0.15) is 0 Å². The predicted octanol–water partition coefficient (Wildman–Crippen LogP) is 3.32. The third-order valence-electron chi connectivity index (χ3n) is 4.62. The number of carbonyl (C=O) groups excluding carboxylic acids is 2. The molecule has 0 amide bonds. The fourth-order valence-electron chi connectivity index (χ4n) is 3.00. The van der Waals surface area contributed by atoms with Crippen molar-refractivity contribution >= 4 is 17.8 Å². The first-order chi connectivity index (χ1) is 14.5. The van der Waals surface area contributed by atoms with Gasteiger partial charge in [0.05, 0.1) is 12.7 Å². The highest BCUT2D eigenvalue weighted by atomic mass is 16.5. The van der Waals surface area contributed by atoms with Crippen LogP contribution in [0, 0.1) is 0 Å². The van der Waals surface area contributed by atoms with E-state index in [0.29, 0.717) is 43.7 Å². The van der Waals surface area contributed by atoms with Crippen molar-refractivity contribution < 1.29 is 24.2 Å². The molecule has 8 heteroatoms. The van der Waals surface area contributed by atoms with Crippen molar-refractivity contribution in [1.82, 2.24) is 15.0 Å². The lowest BCUT2D eigenvalue weighted by molar-refractivity contribution is -0.118. The van der Waals surface area contributed by atoms with Gasteiger partial charge in [0.15, 0.2) is 0 Å². The molecule has 1 aromatic carbocycles.